The predicted octanol–water partition coefficient (Wildman–Crippen LogP) is 4.48. The highest BCUT2D eigenvalue weighted by Crippen LogP contribution is 2.32. The molecular formula is C28H35N3O5. The molecule has 1 spiro atoms. The van der Waals surface area contributed by atoms with Crippen molar-refractivity contribution in [3.63, 3.8) is 0 Å². The lowest BCUT2D eigenvalue weighted by Gasteiger charge is -2.37. The third-order valence-electron chi connectivity index (χ3n) is 7.36. The lowest BCUT2D eigenvalue weighted by Crippen LogP contribution is -2.47. The van der Waals surface area contributed by atoms with E-state index in [-0.39, 0.29) is 17.9 Å². The van der Waals surface area contributed by atoms with E-state index in [9.17, 15) is 9.59 Å². The average molecular weight is 494 g/mol. The molecule has 36 heavy (non-hydrogen) atoms. The zero-order chi connectivity index (χ0) is 25.0. The molecule has 2 aromatic carbocycles. The van der Waals surface area contributed by atoms with Crippen molar-refractivity contribution < 1.29 is 23.8 Å². The Labute approximate surface area is 212 Å². The van der Waals surface area contributed by atoms with Gasteiger partial charge in [0.25, 0.3) is 5.91 Å². The molecule has 3 aliphatic rings. The molecule has 3 amide bonds. The Morgan fingerprint density at radius 1 is 1.03 bits per heavy atom. The standard InChI is InChI=1S/C28H35N3O5/c1-2-34-25-10-8-24(9-11-25)29-27(33)31-14-4-7-23(20-31)21-5-3-6-22(19-21)26(32)30-15-12-28(13-16-30)35-17-18-36-28/h3,5-6,8-11,19,23H,2,4,7,12-18,20H2,1H3,(H,29,33)/t23-/m0/s1. The van der Waals surface area contributed by atoms with Gasteiger partial charge >= 0.3 is 6.03 Å². The minimum Gasteiger partial charge on any atom is -0.494 e. The van der Waals surface area contributed by atoms with Crippen LogP contribution in [0.4, 0.5) is 10.5 Å². The molecule has 3 aliphatic heterocycles. The van der Waals surface area contributed by atoms with Crippen LogP contribution in [-0.4, -0.2) is 73.5 Å². The van der Waals surface area contributed by atoms with Crippen LogP contribution in [0.25, 0.3) is 0 Å². The van der Waals surface area contributed by atoms with Gasteiger partial charge in [-0.1, -0.05) is 12.1 Å². The molecule has 0 unspecified atom stereocenters. The number of anilines is 1. The van der Waals surface area contributed by atoms with E-state index in [4.69, 9.17) is 14.2 Å². The van der Waals surface area contributed by atoms with Gasteiger partial charge in [-0.15, -0.1) is 0 Å². The van der Waals surface area contributed by atoms with Gasteiger partial charge in [-0.3, -0.25) is 4.79 Å². The fourth-order valence-electron chi connectivity index (χ4n) is 5.38. The Hall–Kier alpha value is -3.10. The van der Waals surface area contributed by atoms with Crippen LogP contribution in [0.1, 0.15) is 54.4 Å². The largest absolute Gasteiger partial charge is 0.494 e. The highest BCUT2D eigenvalue weighted by atomic mass is 16.7. The number of carbonyl (C=O) groups excluding carboxylic acids is 2. The highest BCUT2D eigenvalue weighted by Gasteiger charge is 2.41. The summed E-state index contributed by atoms with van der Waals surface area (Å²) in [5, 5.41) is 3.00. The number of ether oxygens (including phenoxy) is 3. The van der Waals surface area contributed by atoms with Crippen LogP contribution in [-0.2, 0) is 9.47 Å². The Morgan fingerprint density at radius 3 is 2.50 bits per heavy atom. The lowest BCUT2D eigenvalue weighted by molar-refractivity contribution is -0.181. The van der Waals surface area contributed by atoms with Gasteiger partial charge in [0.05, 0.1) is 19.8 Å². The lowest BCUT2D eigenvalue weighted by atomic mass is 9.89. The van der Waals surface area contributed by atoms with E-state index < -0.39 is 5.79 Å². The number of amides is 3. The Balaban J connectivity index is 1.19. The molecule has 3 heterocycles. The monoisotopic (exact) mass is 493 g/mol. The first-order chi connectivity index (χ1) is 17.5. The van der Waals surface area contributed by atoms with Crippen LogP contribution >= 0.6 is 0 Å². The summed E-state index contributed by atoms with van der Waals surface area (Å²) in [6, 6.07) is 15.2. The second-order valence-electron chi connectivity index (χ2n) is 9.70. The van der Waals surface area contributed by atoms with E-state index in [1.165, 1.54) is 0 Å². The molecule has 8 nitrogen and oxygen atoms in total. The fraction of sp³-hybridized carbons (Fsp3) is 0.500. The van der Waals surface area contributed by atoms with Crippen molar-refractivity contribution in [2.24, 2.45) is 0 Å². The maximum absolute atomic E-state index is 13.2. The molecule has 0 bridgehead atoms. The number of carbonyl (C=O) groups is 2. The number of hydrogen-bond acceptors (Lipinski definition) is 5. The number of hydrogen-bond donors (Lipinski definition) is 1. The second kappa shape index (κ2) is 10.9. The Kier molecular flexibility index (Phi) is 7.43. The maximum atomic E-state index is 13.2. The topological polar surface area (TPSA) is 80.3 Å². The van der Waals surface area contributed by atoms with E-state index >= 15 is 0 Å². The summed E-state index contributed by atoms with van der Waals surface area (Å²) in [5.41, 5.74) is 2.55. The SMILES string of the molecule is CCOc1ccc(NC(=O)N2CCC[C@H](c3cccc(C(=O)N4CCC5(CC4)OCCO5)c3)C2)cc1. The quantitative estimate of drug-likeness (QED) is 0.665. The number of rotatable bonds is 5. The zero-order valence-corrected chi connectivity index (χ0v) is 20.9. The number of nitrogens with one attached hydrogen (secondary N) is 1. The van der Waals surface area contributed by atoms with Crippen molar-refractivity contribution in [2.45, 2.75) is 44.3 Å². The molecule has 1 atom stereocenters. The summed E-state index contributed by atoms with van der Waals surface area (Å²) in [6.45, 7) is 6.42. The number of nitrogens with zero attached hydrogens (tertiary/aromatic N) is 2. The van der Waals surface area contributed by atoms with Crippen molar-refractivity contribution in [3.05, 3.63) is 59.7 Å². The van der Waals surface area contributed by atoms with Crippen LogP contribution in [0.3, 0.4) is 0 Å². The van der Waals surface area contributed by atoms with Crippen LogP contribution < -0.4 is 10.1 Å². The van der Waals surface area contributed by atoms with Gasteiger partial charge in [0.15, 0.2) is 5.79 Å². The first kappa shape index (κ1) is 24.6. The normalized spacial score (nSPS) is 21.4. The van der Waals surface area contributed by atoms with E-state index in [1.54, 1.807) is 0 Å². The van der Waals surface area contributed by atoms with Crippen LogP contribution in [0.2, 0.25) is 0 Å². The van der Waals surface area contributed by atoms with Crippen molar-refractivity contribution in [1.29, 1.82) is 0 Å². The molecule has 0 aliphatic carbocycles. The Bertz CT molecular complexity index is 1060. The summed E-state index contributed by atoms with van der Waals surface area (Å²) in [4.78, 5) is 29.9. The van der Waals surface area contributed by atoms with Gasteiger partial charge in [-0.2, -0.15) is 0 Å². The average Bonchev–Trinajstić information content (AvgIpc) is 3.38. The van der Waals surface area contributed by atoms with E-state index in [0.29, 0.717) is 57.9 Å². The Morgan fingerprint density at radius 2 is 1.78 bits per heavy atom. The van der Waals surface area contributed by atoms with Crippen molar-refractivity contribution >= 4 is 17.6 Å². The van der Waals surface area contributed by atoms with E-state index in [0.717, 1.165) is 36.4 Å². The number of piperidine rings is 2. The van der Waals surface area contributed by atoms with Gasteiger partial charge in [0.2, 0.25) is 0 Å². The molecule has 192 valence electrons. The van der Waals surface area contributed by atoms with Crippen molar-refractivity contribution in [3.8, 4) is 5.75 Å². The van der Waals surface area contributed by atoms with Gasteiger partial charge in [-0.25, -0.2) is 4.79 Å². The molecule has 3 saturated heterocycles. The van der Waals surface area contributed by atoms with Crippen LogP contribution in [0, 0.1) is 0 Å². The fourth-order valence-corrected chi connectivity index (χ4v) is 5.38. The summed E-state index contributed by atoms with van der Waals surface area (Å²) < 4.78 is 17.1. The summed E-state index contributed by atoms with van der Waals surface area (Å²) in [5.74, 6) is 0.538. The van der Waals surface area contributed by atoms with Gasteiger partial charge in [0.1, 0.15) is 5.75 Å². The molecular weight excluding hydrogens is 458 g/mol. The van der Waals surface area contributed by atoms with Gasteiger partial charge in [-0.05, 0) is 61.7 Å². The van der Waals surface area contributed by atoms with Gasteiger partial charge < -0.3 is 29.3 Å². The summed E-state index contributed by atoms with van der Waals surface area (Å²) >= 11 is 0. The van der Waals surface area contributed by atoms with Crippen LogP contribution in [0.15, 0.2) is 48.5 Å². The molecule has 0 aromatic heterocycles. The van der Waals surface area contributed by atoms with Crippen LogP contribution in [0.5, 0.6) is 5.75 Å². The number of likely N-dealkylation sites (tertiary alicyclic amines) is 2. The molecule has 8 heteroatoms. The highest BCUT2D eigenvalue weighted by molar-refractivity contribution is 5.94. The third-order valence-corrected chi connectivity index (χ3v) is 7.36. The first-order valence-corrected chi connectivity index (χ1v) is 13.0. The van der Waals surface area contributed by atoms with E-state index in [2.05, 4.69) is 11.4 Å². The zero-order valence-electron chi connectivity index (χ0n) is 20.9. The number of urea groups is 1. The molecule has 5 rings (SSSR count). The minimum absolute atomic E-state index is 0.0469. The molecule has 0 radical (unpaired) electrons. The molecule has 1 N–H and O–H groups in total. The maximum Gasteiger partial charge on any atom is 0.321 e. The predicted molar refractivity (Wildman–Crippen MR) is 136 cm³/mol. The van der Waals surface area contributed by atoms with Crippen molar-refractivity contribution in [1.82, 2.24) is 9.80 Å². The summed E-state index contributed by atoms with van der Waals surface area (Å²) in [7, 11) is 0. The molecule has 3 fully saturated rings. The number of benzene rings is 2. The van der Waals surface area contributed by atoms with Crippen molar-refractivity contribution in [2.75, 3.05) is 51.3 Å². The molecule has 2 aromatic rings. The smallest absolute Gasteiger partial charge is 0.321 e. The third kappa shape index (κ3) is 5.50. The van der Waals surface area contributed by atoms with E-state index in [1.807, 2.05) is 59.2 Å². The minimum atomic E-state index is -0.490. The first-order valence-electron chi connectivity index (χ1n) is 13.0. The second-order valence-corrected chi connectivity index (χ2v) is 9.70. The van der Waals surface area contributed by atoms with Gasteiger partial charge in [0, 0.05) is 56.2 Å². The summed E-state index contributed by atoms with van der Waals surface area (Å²) in [6.07, 6.45) is 3.33. The molecule has 0 saturated carbocycles.